The normalized spacial score (nSPS) is 12.5. The van der Waals surface area contributed by atoms with Gasteiger partial charge in [0, 0.05) is 18.5 Å². The van der Waals surface area contributed by atoms with Crippen LogP contribution in [0.3, 0.4) is 0 Å². The molecule has 15 heavy (non-hydrogen) atoms. The maximum atomic E-state index is 12.0. The molecule has 1 unspecified atom stereocenters. The van der Waals surface area contributed by atoms with Crippen LogP contribution in [0, 0.1) is 0 Å². The number of nitrogens with zero attached hydrogens (tertiary/aromatic N) is 1. The number of amides is 1. The number of hydrogen-bond donors (Lipinski definition) is 0. The number of carbonyl (C=O) groups excluding carboxylic acids is 1. The number of hydrogen-bond acceptors (Lipinski definition) is 2. The fraction of sp³-hybridized carbons (Fsp3) is 0.545. The third-order valence-electron chi connectivity index (χ3n) is 2.50. The molecule has 4 heteroatoms. The van der Waals surface area contributed by atoms with Crippen LogP contribution < -0.4 is 0 Å². The molecule has 0 spiro atoms. The Morgan fingerprint density at radius 2 is 2.33 bits per heavy atom. The summed E-state index contributed by atoms with van der Waals surface area (Å²) in [6.45, 7) is 4.22. The molecule has 0 bridgehead atoms. The van der Waals surface area contributed by atoms with Gasteiger partial charge in [-0.2, -0.15) is 0 Å². The largest absolute Gasteiger partial charge is 0.339 e. The van der Waals surface area contributed by atoms with Crippen molar-refractivity contribution in [1.82, 2.24) is 4.90 Å². The van der Waals surface area contributed by atoms with Crippen molar-refractivity contribution in [2.45, 2.75) is 32.7 Å². The number of thiophene rings is 1. The highest BCUT2D eigenvalue weighted by Crippen LogP contribution is 2.22. The Morgan fingerprint density at radius 3 is 2.80 bits per heavy atom. The third-order valence-corrected chi connectivity index (χ3v) is 4.01. The quantitative estimate of drug-likeness (QED) is 0.826. The lowest BCUT2D eigenvalue weighted by molar-refractivity contribution is 0.0737. The van der Waals surface area contributed by atoms with E-state index in [-0.39, 0.29) is 5.91 Å². The summed E-state index contributed by atoms with van der Waals surface area (Å²) in [6, 6.07) is 2.18. The molecule has 1 aromatic rings. The number of rotatable bonds is 4. The van der Waals surface area contributed by atoms with Gasteiger partial charge >= 0.3 is 0 Å². The summed E-state index contributed by atoms with van der Waals surface area (Å²) in [5.41, 5.74) is 0.775. The van der Waals surface area contributed by atoms with Gasteiger partial charge in [0.1, 0.15) is 0 Å². The highest BCUT2D eigenvalue weighted by molar-refractivity contribution is 9.11. The van der Waals surface area contributed by atoms with Gasteiger partial charge in [-0.15, -0.1) is 11.3 Å². The van der Waals surface area contributed by atoms with Crippen LogP contribution in [0.2, 0.25) is 0 Å². The van der Waals surface area contributed by atoms with Gasteiger partial charge in [0.25, 0.3) is 5.91 Å². The first-order valence-corrected chi connectivity index (χ1v) is 6.74. The third kappa shape index (κ3) is 3.31. The van der Waals surface area contributed by atoms with Gasteiger partial charge in [-0.25, -0.2) is 0 Å². The topological polar surface area (TPSA) is 20.3 Å². The van der Waals surface area contributed by atoms with E-state index in [0.29, 0.717) is 6.04 Å². The van der Waals surface area contributed by atoms with Gasteiger partial charge in [0.2, 0.25) is 0 Å². The molecule has 1 atom stereocenters. The lowest BCUT2D eigenvalue weighted by atomic mass is 10.1. The smallest absolute Gasteiger partial charge is 0.254 e. The maximum Gasteiger partial charge on any atom is 0.254 e. The second-order valence-corrected chi connectivity index (χ2v) is 5.98. The minimum atomic E-state index is 0.109. The minimum Gasteiger partial charge on any atom is -0.339 e. The van der Waals surface area contributed by atoms with Crippen molar-refractivity contribution in [2.75, 3.05) is 7.05 Å². The first-order valence-electron chi connectivity index (χ1n) is 5.07. The molecular weight excluding hydrogens is 274 g/mol. The molecule has 0 saturated heterocycles. The van der Waals surface area contributed by atoms with Gasteiger partial charge in [0.15, 0.2) is 0 Å². The van der Waals surface area contributed by atoms with E-state index < -0.39 is 0 Å². The van der Waals surface area contributed by atoms with Crippen molar-refractivity contribution in [1.29, 1.82) is 0 Å². The zero-order valence-corrected chi connectivity index (χ0v) is 11.7. The van der Waals surface area contributed by atoms with Gasteiger partial charge in [-0.1, -0.05) is 13.3 Å². The first-order chi connectivity index (χ1) is 7.06. The molecule has 0 aliphatic rings. The van der Waals surface area contributed by atoms with Crippen LogP contribution in [0.1, 0.15) is 37.0 Å². The summed E-state index contributed by atoms with van der Waals surface area (Å²) in [7, 11) is 1.87. The molecular formula is C11H16BrNOS. The van der Waals surface area contributed by atoms with Crippen LogP contribution in [-0.4, -0.2) is 23.9 Å². The van der Waals surface area contributed by atoms with E-state index in [1.54, 1.807) is 11.3 Å². The summed E-state index contributed by atoms with van der Waals surface area (Å²) in [5.74, 6) is 0.109. The summed E-state index contributed by atoms with van der Waals surface area (Å²) in [5, 5.41) is 1.89. The molecule has 0 aliphatic heterocycles. The Hall–Kier alpha value is -0.350. The second-order valence-electron chi connectivity index (χ2n) is 3.69. The average molecular weight is 290 g/mol. The molecule has 1 rings (SSSR count). The summed E-state index contributed by atoms with van der Waals surface area (Å²) in [6.07, 6.45) is 2.15. The van der Waals surface area contributed by atoms with Crippen LogP contribution in [0.25, 0.3) is 0 Å². The van der Waals surface area contributed by atoms with Gasteiger partial charge in [-0.05, 0) is 35.3 Å². The van der Waals surface area contributed by atoms with Gasteiger partial charge < -0.3 is 4.90 Å². The fourth-order valence-electron chi connectivity index (χ4n) is 1.44. The molecule has 0 fully saturated rings. The van der Waals surface area contributed by atoms with Crippen LogP contribution in [0.15, 0.2) is 15.2 Å². The van der Waals surface area contributed by atoms with Crippen molar-refractivity contribution < 1.29 is 4.79 Å². The lowest BCUT2D eigenvalue weighted by Crippen LogP contribution is -2.34. The highest BCUT2D eigenvalue weighted by Gasteiger charge is 2.17. The van der Waals surface area contributed by atoms with E-state index in [9.17, 15) is 4.79 Å². The molecule has 84 valence electrons. The number of carbonyl (C=O) groups is 1. The van der Waals surface area contributed by atoms with Crippen molar-refractivity contribution in [2.24, 2.45) is 0 Å². The van der Waals surface area contributed by atoms with Crippen LogP contribution >= 0.6 is 27.3 Å². The molecule has 1 heterocycles. The molecule has 1 amide bonds. The lowest BCUT2D eigenvalue weighted by Gasteiger charge is -2.24. The van der Waals surface area contributed by atoms with E-state index in [0.717, 1.165) is 22.2 Å². The monoisotopic (exact) mass is 289 g/mol. The Morgan fingerprint density at radius 1 is 1.67 bits per heavy atom. The molecule has 2 nitrogen and oxygen atoms in total. The van der Waals surface area contributed by atoms with Gasteiger partial charge in [0.05, 0.1) is 9.35 Å². The Labute approximate surface area is 103 Å². The molecule has 0 aliphatic carbocycles. The molecule has 0 aromatic carbocycles. The molecule has 0 radical (unpaired) electrons. The van der Waals surface area contributed by atoms with E-state index >= 15 is 0 Å². The summed E-state index contributed by atoms with van der Waals surface area (Å²) in [4.78, 5) is 13.8. The van der Waals surface area contributed by atoms with Crippen LogP contribution in [0.5, 0.6) is 0 Å². The molecule has 1 aromatic heterocycles. The Bertz CT molecular complexity index is 337. The number of halogens is 1. The van der Waals surface area contributed by atoms with Crippen LogP contribution in [-0.2, 0) is 0 Å². The summed E-state index contributed by atoms with van der Waals surface area (Å²) >= 11 is 4.91. The predicted molar refractivity (Wildman–Crippen MR) is 68.5 cm³/mol. The van der Waals surface area contributed by atoms with Crippen LogP contribution in [0.4, 0.5) is 0 Å². The SMILES string of the molecule is CCCC(C)N(C)C(=O)c1csc(Br)c1. The van der Waals surface area contributed by atoms with E-state index in [4.69, 9.17) is 0 Å². The fourth-order valence-corrected chi connectivity index (χ4v) is 2.57. The van der Waals surface area contributed by atoms with Gasteiger partial charge in [-0.3, -0.25) is 4.79 Å². The zero-order chi connectivity index (χ0) is 11.4. The minimum absolute atomic E-state index is 0.109. The van der Waals surface area contributed by atoms with E-state index in [1.807, 2.05) is 23.4 Å². The Balaban J connectivity index is 2.68. The second kappa shape index (κ2) is 5.66. The predicted octanol–water partition coefficient (Wildman–Crippen LogP) is 3.77. The average Bonchev–Trinajstić information content (AvgIpc) is 2.63. The van der Waals surface area contributed by atoms with Crippen molar-refractivity contribution in [3.05, 3.63) is 20.8 Å². The first kappa shape index (κ1) is 12.7. The standard InChI is InChI=1S/C11H16BrNOS/c1-4-5-8(2)13(3)11(14)9-6-10(12)15-7-9/h6-8H,4-5H2,1-3H3. The van der Waals surface area contributed by atoms with Crippen molar-refractivity contribution in [3.8, 4) is 0 Å². The maximum absolute atomic E-state index is 12.0. The van der Waals surface area contributed by atoms with Crippen molar-refractivity contribution in [3.63, 3.8) is 0 Å². The van der Waals surface area contributed by atoms with E-state index in [1.165, 1.54) is 0 Å². The molecule has 0 N–H and O–H groups in total. The van der Waals surface area contributed by atoms with Crippen molar-refractivity contribution >= 4 is 33.2 Å². The summed E-state index contributed by atoms with van der Waals surface area (Å²) < 4.78 is 1.00. The van der Waals surface area contributed by atoms with E-state index in [2.05, 4.69) is 29.8 Å². The molecule has 0 saturated carbocycles. The zero-order valence-electron chi connectivity index (χ0n) is 9.29. The highest BCUT2D eigenvalue weighted by atomic mass is 79.9. The Kier molecular flexibility index (Phi) is 4.80.